The van der Waals surface area contributed by atoms with E-state index in [-0.39, 0.29) is 18.0 Å². The number of benzene rings is 1. The Balaban J connectivity index is 2.03. The summed E-state index contributed by atoms with van der Waals surface area (Å²) in [4.78, 5) is 40.4. The second-order valence-corrected chi connectivity index (χ2v) is 7.71. The van der Waals surface area contributed by atoms with Crippen LogP contribution in [0.3, 0.4) is 0 Å². The first-order valence-corrected chi connectivity index (χ1v) is 10.4. The highest BCUT2D eigenvalue weighted by Gasteiger charge is 2.20. The van der Waals surface area contributed by atoms with Gasteiger partial charge >= 0.3 is 5.69 Å². The second kappa shape index (κ2) is 8.56. The van der Waals surface area contributed by atoms with Gasteiger partial charge in [-0.1, -0.05) is 25.5 Å². The van der Waals surface area contributed by atoms with Gasteiger partial charge < -0.3 is 4.90 Å². The maximum atomic E-state index is 13.1. The van der Waals surface area contributed by atoms with Crippen molar-refractivity contribution in [2.45, 2.75) is 46.7 Å². The molecule has 7 heteroatoms. The first kappa shape index (κ1) is 20.1. The summed E-state index contributed by atoms with van der Waals surface area (Å²) >= 11 is 1.31. The second-order valence-electron chi connectivity index (χ2n) is 6.79. The zero-order valence-corrected chi connectivity index (χ0v) is 17.3. The van der Waals surface area contributed by atoms with Gasteiger partial charge in [-0.2, -0.15) is 0 Å². The molecule has 0 aliphatic rings. The van der Waals surface area contributed by atoms with E-state index in [4.69, 9.17) is 0 Å². The quantitative estimate of drug-likeness (QED) is 0.612. The van der Waals surface area contributed by atoms with Crippen molar-refractivity contribution in [1.82, 2.24) is 9.13 Å². The van der Waals surface area contributed by atoms with Crippen LogP contribution in [-0.4, -0.2) is 21.6 Å². The van der Waals surface area contributed by atoms with Crippen LogP contribution in [0.1, 0.15) is 32.3 Å². The van der Waals surface area contributed by atoms with E-state index in [0.29, 0.717) is 23.3 Å². The molecule has 2 heterocycles. The lowest BCUT2D eigenvalue weighted by molar-refractivity contribution is -0.119. The number of likely N-dealkylation sites (N-methyl/N-ethyl adjacent to an activating group) is 1. The van der Waals surface area contributed by atoms with E-state index in [1.165, 1.54) is 20.5 Å². The minimum absolute atomic E-state index is 0.0970. The first-order valence-electron chi connectivity index (χ1n) is 9.55. The fraction of sp³-hybridized carbons (Fsp3) is 0.381. The van der Waals surface area contributed by atoms with Crippen molar-refractivity contribution in [1.29, 1.82) is 0 Å². The van der Waals surface area contributed by atoms with Gasteiger partial charge in [0, 0.05) is 18.8 Å². The van der Waals surface area contributed by atoms with Gasteiger partial charge in [-0.05, 0) is 49.4 Å². The number of anilines is 1. The zero-order chi connectivity index (χ0) is 20.3. The van der Waals surface area contributed by atoms with Gasteiger partial charge in [-0.25, -0.2) is 4.79 Å². The average Bonchev–Trinajstić information content (AvgIpc) is 3.16. The Morgan fingerprint density at radius 2 is 1.93 bits per heavy atom. The van der Waals surface area contributed by atoms with E-state index < -0.39 is 5.69 Å². The van der Waals surface area contributed by atoms with Gasteiger partial charge in [0.05, 0.1) is 5.52 Å². The van der Waals surface area contributed by atoms with Crippen LogP contribution in [-0.2, 0) is 17.9 Å². The highest BCUT2D eigenvalue weighted by molar-refractivity contribution is 7.17. The van der Waals surface area contributed by atoms with Crippen LogP contribution in [0.15, 0.2) is 45.3 Å². The molecule has 0 saturated carbocycles. The fourth-order valence-corrected chi connectivity index (χ4v) is 4.16. The van der Waals surface area contributed by atoms with Gasteiger partial charge in [-0.15, -0.1) is 11.3 Å². The molecule has 0 atom stereocenters. The number of rotatable bonds is 7. The molecule has 0 aliphatic carbocycles. The number of carbonyl (C=O) groups is 1. The summed E-state index contributed by atoms with van der Waals surface area (Å²) in [5, 5.41) is 1.79. The lowest BCUT2D eigenvalue weighted by Crippen LogP contribution is -2.43. The molecule has 1 amide bonds. The summed E-state index contributed by atoms with van der Waals surface area (Å²) in [5.74, 6) is -0.177. The summed E-state index contributed by atoms with van der Waals surface area (Å²) in [5.41, 5.74) is 1.72. The highest BCUT2D eigenvalue weighted by atomic mass is 32.1. The van der Waals surface area contributed by atoms with Crippen LogP contribution in [0.25, 0.3) is 10.2 Å². The molecule has 2 aromatic heterocycles. The lowest BCUT2D eigenvalue weighted by atomic mass is 10.2. The van der Waals surface area contributed by atoms with Crippen molar-refractivity contribution in [3.63, 3.8) is 0 Å². The van der Waals surface area contributed by atoms with E-state index in [1.807, 2.05) is 45.0 Å². The number of hydrogen-bond donors (Lipinski definition) is 0. The van der Waals surface area contributed by atoms with Gasteiger partial charge in [0.15, 0.2) is 0 Å². The van der Waals surface area contributed by atoms with Crippen LogP contribution in [0.2, 0.25) is 0 Å². The molecule has 0 unspecified atom stereocenters. The van der Waals surface area contributed by atoms with Crippen molar-refractivity contribution in [3.8, 4) is 0 Å². The molecule has 148 valence electrons. The van der Waals surface area contributed by atoms with Crippen molar-refractivity contribution in [2.75, 3.05) is 11.4 Å². The summed E-state index contributed by atoms with van der Waals surface area (Å²) in [6.45, 7) is 6.67. The number of fused-ring (bicyclic) bond motifs is 1. The van der Waals surface area contributed by atoms with E-state index in [0.717, 1.165) is 24.1 Å². The van der Waals surface area contributed by atoms with Crippen LogP contribution in [0.5, 0.6) is 0 Å². The van der Waals surface area contributed by atoms with Crippen molar-refractivity contribution < 1.29 is 4.79 Å². The molecule has 0 N–H and O–H groups in total. The monoisotopic (exact) mass is 399 g/mol. The highest BCUT2D eigenvalue weighted by Crippen LogP contribution is 2.18. The largest absolute Gasteiger partial charge is 0.332 e. The molecule has 0 spiro atoms. The van der Waals surface area contributed by atoms with Crippen molar-refractivity contribution >= 4 is 33.1 Å². The number of unbranched alkanes of at least 4 members (excludes halogenated alkanes) is 1. The van der Waals surface area contributed by atoms with Gasteiger partial charge in [0.2, 0.25) is 5.91 Å². The number of aromatic nitrogens is 2. The van der Waals surface area contributed by atoms with E-state index in [9.17, 15) is 14.4 Å². The maximum absolute atomic E-state index is 13.1. The Labute approximate surface area is 167 Å². The standard InChI is InChI=1S/C21H25N3O3S/c1-4-6-11-23-20(26)19-17(10-12-28-19)24(21(23)27)14-18(25)22(5-2)16-9-7-8-15(3)13-16/h7-10,12-13H,4-6,11,14H2,1-3H3. The van der Waals surface area contributed by atoms with E-state index in [1.54, 1.807) is 16.3 Å². The van der Waals surface area contributed by atoms with Crippen LogP contribution < -0.4 is 16.1 Å². The summed E-state index contributed by atoms with van der Waals surface area (Å²) in [7, 11) is 0. The molecule has 28 heavy (non-hydrogen) atoms. The Morgan fingerprint density at radius 1 is 1.14 bits per heavy atom. The molecule has 0 saturated heterocycles. The maximum Gasteiger partial charge on any atom is 0.332 e. The molecular formula is C21H25N3O3S. The third-order valence-corrected chi connectivity index (χ3v) is 5.69. The molecule has 6 nitrogen and oxygen atoms in total. The van der Waals surface area contributed by atoms with Gasteiger partial charge in [0.1, 0.15) is 11.2 Å². The van der Waals surface area contributed by atoms with Crippen LogP contribution >= 0.6 is 11.3 Å². The first-order chi connectivity index (χ1) is 13.5. The Morgan fingerprint density at radius 3 is 2.61 bits per heavy atom. The Hall–Kier alpha value is -2.67. The van der Waals surface area contributed by atoms with E-state index >= 15 is 0 Å². The summed E-state index contributed by atoms with van der Waals surface area (Å²) < 4.78 is 3.21. The Bertz CT molecular complexity index is 1110. The number of hydrogen-bond acceptors (Lipinski definition) is 4. The predicted molar refractivity (Wildman–Crippen MR) is 114 cm³/mol. The summed E-state index contributed by atoms with van der Waals surface area (Å²) in [6.07, 6.45) is 1.62. The van der Waals surface area contributed by atoms with Crippen molar-refractivity contribution in [3.05, 3.63) is 62.1 Å². The fourth-order valence-electron chi connectivity index (χ4n) is 3.32. The van der Waals surface area contributed by atoms with Crippen LogP contribution in [0, 0.1) is 6.92 Å². The van der Waals surface area contributed by atoms with E-state index in [2.05, 4.69) is 0 Å². The number of nitrogens with zero attached hydrogens (tertiary/aromatic N) is 3. The SMILES string of the molecule is CCCCn1c(=O)c2sccc2n(CC(=O)N(CC)c2cccc(C)c2)c1=O. The number of aryl methyl sites for hydroxylation is 1. The molecule has 3 aromatic rings. The topological polar surface area (TPSA) is 64.3 Å². The number of thiophene rings is 1. The minimum Gasteiger partial charge on any atom is -0.311 e. The third-order valence-electron chi connectivity index (χ3n) is 4.80. The smallest absolute Gasteiger partial charge is 0.311 e. The average molecular weight is 400 g/mol. The molecular weight excluding hydrogens is 374 g/mol. The van der Waals surface area contributed by atoms with Crippen LogP contribution in [0.4, 0.5) is 5.69 Å². The predicted octanol–water partition coefficient (Wildman–Crippen LogP) is 3.39. The van der Waals surface area contributed by atoms with Gasteiger partial charge in [0.25, 0.3) is 5.56 Å². The van der Waals surface area contributed by atoms with Gasteiger partial charge in [-0.3, -0.25) is 18.7 Å². The summed E-state index contributed by atoms with van der Waals surface area (Å²) in [6, 6.07) is 9.47. The molecule has 0 fully saturated rings. The third kappa shape index (κ3) is 3.80. The molecule has 0 bridgehead atoms. The number of amides is 1. The minimum atomic E-state index is -0.419. The number of carbonyl (C=O) groups excluding carboxylic acids is 1. The lowest BCUT2D eigenvalue weighted by Gasteiger charge is -2.22. The normalized spacial score (nSPS) is 11.1. The Kier molecular flexibility index (Phi) is 6.14. The molecule has 0 aliphatic heterocycles. The molecule has 1 aromatic carbocycles. The van der Waals surface area contributed by atoms with Crippen molar-refractivity contribution in [2.24, 2.45) is 0 Å². The molecule has 0 radical (unpaired) electrons. The zero-order valence-electron chi connectivity index (χ0n) is 16.5. The molecule has 3 rings (SSSR count).